The number of benzene rings is 1. The predicted octanol–water partition coefficient (Wildman–Crippen LogP) is 2.54. The summed E-state index contributed by atoms with van der Waals surface area (Å²) < 4.78 is 0. The Kier molecular flexibility index (Phi) is 2.54. The Morgan fingerprint density at radius 3 is 2.78 bits per heavy atom. The second kappa shape index (κ2) is 4.09. The molecule has 0 spiro atoms. The van der Waals surface area contributed by atoms with Crippen LogP contribution in [0.5, 0.6) is 0 Å². The molecule has 18 heavy (non-hydrogen) atoms. The topological polar surface area (TPSA) is 45.8 Å². The molecule has 0 unspecified atom stereocenters. The van der Waals surface area contributed by atoms with Crippen LogP contribution in [0.4, 0.5) is 0 Å². The Hall–Kier alpha value is -1.90. The van der Waals surface area contributed by atoms with Gasteiger partial charge in [-0.2, -0.15) is 0 Å². The van der Waals surface area contributed by atoms with E-state index in [1.807, 2.05) is 19.9 Å². The lowest BCUT2D eigenvalue weighted by Crippen LogP contribution is -2.14. The number of hydrogen-bond acceptors (Lipinski definition) is 2. The van der Waals surface area contributed by atoms with Gasteiger partial charge in [-0.15, -0.1) is 0 Å². The molecule has 92 valence electrons. The average Bonchev–Trinajstić information content (AvgIpc) is 2.80. The standard InChI is InChI=1S/C15H16N2O/c1-9-10(2)17-15(18)14(16-9)13-7-6-11-4-3-5-12(11)8-13/h6-8H,3-5H2,1-2H3,(H,17,18). The van der Waals surface area contributed by atoms with Crippen molar-refractivity contribution in [1.29, 1.82) is 0 Å². The normalized spacial score (nSPS) is 13.7. The maximum Gasteiger partial charge on any atom is 0.274 e. The Bertz CT molecular complexity index is 671. The van der Waals surface area contributed by atoms with Crippen LogP contribution < -0.4 is 5.56 Å². The van der Waals surface area contributed by atoms with Crippen LogP contribution in [0.15, 0.2) is 23.0 Å². The summed E-state index contributed by atoms with van der Waals surface area (Å²) in [6.07, 6.45) is 3.49. The highest BCUT2D eigenvalue weighted by molar-refractivity contribution is 5.61. The Labute approximate surface area is 106 Å². The van der Waals surface area contributed by atoms with Crippen molar-refractivity contribution < 1.29 is 0 Å². The molecule has 1 N–H and O–H groups in total. The zero-order chi connectivity index (χ0) is 12.7. The number of rotatable bonds is 1. The van der Waals surface area contributed by atoms with Crippen molar-refractivity contribution in [3.63, 3.8) is 0 Å². The van der Waals surface area contributed by atoms with Crippen LogP contribution in [0.25, 0.3) is 11.3 Å². The van der Waals surface area contributed by atoms with Crippen LogP contribution in [0.1, 0.15) is 28.9 Å². The van der Waals surface area contributed by atoms with Gasteiger partial charge in [0.25, 0.3) is 5.56 Å². The number of aryl methyl sites for hydroxylation is 4. The van der Waals surface area contributed by atoms with E-state index in [1.165, 1.54) is 17.5 Å². The first-order valence-electron chi connectivity index (χ1n) is 6.35. The lowest BCUT2D eigenvalue weighted by atomic mass is 10.0. The van der Waals surface area contributed by atoms with Crippen LogP contribution in [0, 0.1) is 13.8 Å². The first-order chi connectivity index (χ1) is 8.65. The third-order valence-corrected chi connectivity index (χ3v) is 3.71. The molecule has 0 fully saturated rings. The van der Waals surface area contributed by atoms with Crippen LogP contribution >= 0.6 is 0 Å². The van der Waals surface area contributed by atoms with Crippen molar-refractivity contribution in [3.05, 3.63) is 51.1 Å². The minimum absolute atomic E-state index is 0.101. The highest BCUT2D eigenvalue weighted by Gasteiger charge is 2.14. The van der Waals surface area contributed by atoms with E-state index < -0.39 is 0 Å². The number of H-pyrrole nitrogens is 1. The van der Waals surface area contributed by atoms with E-state index in [1.54, 1.807) is 0 Å². The predicted molar refractivity (Wildman–Crippen MR) is 71.8 cm³/mol. The maximum atomic E-state index is 12.0. The van der Waals surface area contributed by atoms with Gasteiger partial charge in [0.1, 0.15) is 5.69 Å². The third-order valence-electron chi connectivity index (χ3n) is 3.71. The summed E-state index contributed by atoms with van der Waals surface area (Å²) >= 11 is 0. The van der Waals surface area contributed by atoms with Gasteiger partial charge in [-0.05, 0) is 50.3 Å². The molecule has 0 amide bonds. The fourth-order valence-electron chi connectivity index (χ4n) is 2.54. The van der Waals surface area contributed by atoms with Gasteiger partial charge in [-0.25, -0.2) is 4.98 Å². The van der Waals surface area contributed by atoms with E-state index >= 15 is 0 Å². The second-order valence-electron chi connectivity index (χ2n) is 4.96. The van der Waals surface area contributed by atoms with Gasteiger partial charge in [0, 0.05) is 11.3 Å². The number of nitrogens with zero attached hydrogens (tertiary/aromatic N) is 1. The Balaban J connectivity index is 2.16. The summed E-state index contributed by atoms with van der Waals surface area (Å²) in [5.74, 6) is 0. The Morgan fingerprint density at radius 2 is 1.94 bits per heavy atom. The highest BCUT2D eigenvalue weighted by Crippen LogP contribution is 2.26. The summed E-state index contributed by atoms with van der Waals surface area (Å²) in [6, 6.07) is 6.26. The van der Waals surface area contributed by atoms with Gasteiger partial charge in [0.05, 0.1) is 5.69 Å². The van der Waals surface area contributed by atoms with Crippen LogP contribution in [0.2, 0.25) is 0 Å². The molecule has 1 heterocycles. The third kappa shape index (κ3) is 1.76. The van der Waals surface area contributed by atoms with Crippen LogP contribution in [-0.2, 0) is 12.8 Å². The minimum Gasteiger partial charge on any atom is -0.323 e. The molecule has 1 aliphatic rings. The molecule has 0 aliphatic heterocycles. The number of hydrogen-bond donors (Lipinski definition) is 1. The second-order valence-corrected chi connectivity index (χ2v) is 4.96. The lowest BCUT2D eigenvalue weighted by Gasteiger charge is -2.06. The molecule has 0 bridgehead atoms. The molecule has 0 atom stereocenters. The number of aromatic amines is 1. The van der Waals surface area contributed by atoms with Crippen molar-refractivity contribution in [2.45, 2.75) is 33.1 Å². The van der Waals surface area contributed by atoms with Crippen molar-refractivity contribution in [2.75, 3.05) is 0 Å². The van der Waals surface area contributed by atoms with Crippen molar-refractivity contribution >= 4 is 0 Å². The van der Waals surface area contributed by atoms with E-state index in [4.69, 9.17) is 0 Å². The molecule has 0 saturated heterocycles. The van der Waals surface area contributed by atoms with E-state index in [0.717, 1.165) is 29.8 Å². The summed E-state index contributed by atoms with van der Waals surface area (Å²) in [5, 5.41) is 0. The molecule has 3 heteroatoms. The zero-order valence-electron chi connectivity index (χ0n) is 10.7. The number of fused-ring (bicyclic) bond motifs is 1. The van der Waals surface area contributed by atoms with Gasteiger partial charge in [0.15, 0.2) is 0 Å². The maximum absolute atomic E-state index is 12.0. The molecule has 3 rings (SSSR count). The SMILES string of the molecule is Cc1nc(-c2ccc3c(c2)CCC3)c(=O)[nH]c1C. The van der Waals surface area contributed by atoms with Crippen LogP contribution in [0.3, 0.4) is 0 Å². The first-order valence-corrected chi connectivity index (χ1v) is 6.35. The largest absolute Gasteiger partial charge is 0.323 e. The van der Waals surface area contributed by atoms with E-state index in [2.05, 4.69) is 22.1 Å². The molecule has 1 aromatic heterocycles. The Morgan fingerprint density at radius 1 is 1.17 bits per heavy atom. The fraction of sp³-hybridized carbons (Fsp3) is 0.333. The minimum atomic E-state index is -0.101. The first kappa shape index (κ1) is 11.2. The molecular formula is C15H16N2O. The molecular weight excluding hydrogens is 224 g/mol. The van der Waals surface area contributed by atoms with Gasteiger partial charge in [-0.1, -0.05) is 12.1 Å². The summed E-state index contributed by atoms with van der Waals surface area (Å²) in [5.41, 5.74) is 5.87. The van der Waals surface area contributed by atoms with Gasteiger partial charge in [-0.3, -0.25) is 4.79 Å². The number of nitrogens with one attached hydrogen (secondary N) is 1. The van der Waals surface area contributed by atoms with Crippen LogP contribution in [-0.4, -0.2) is 9.97 Å². The molecule has 1 aromatic carbocycles. The van der Waals surface area contributed by atoms with Gasteiger partial charge >= 0.3 is 0 Å². The fourth-order valence-corrected chi connectivity index (χ4v) is 2.54. The number of aromatic nitrogens is 2. The van der Waals surface area contributed by atoms with E-state index in [0.29, 0.717) is 5.69 Å². The molecule has 2 aromatic rings. The zero-order valence-corrected chi connectivity index (χ0v) is 10.7. The molecule has 0 saturated carbocycles. The van der Waals surface area contributed by atoms with Crippen molar-refractivity contribution in [2.24, 2.45) is 0 Å². The summed E-state index contributed by atoms with van der Waals surface area (Å²) in [7, 11) is 0. The smallest absolute Gasteiger partial charge is 0.274 e. The average molecular weight is 240 g/mol. The monoisotopic (exact) mass is 240 g/mol. The summed E-state index contributed by atoms with van der Waals surface area (Å²) in [4.78, 5) is 19.3. The van der Waals surface area contributed by atoms with Gasteiger partial charge < -0.3 is 4.98 Å². The quantitative estimate of drug-likeness (QED) is 0.832. The highest BCUT2D eigenvalue weighted by atomic mass is 16.1. The van der Waals surface area contributed by atoms with Crippen molar-refractivity contribution in [1.82, 2.24) is 9.97 Å². The molecule has 3 nitrogen and oxygen atoms in total. The van der Waals surface area contributed by atoms with E-state index in [9.17, 15) is 4.79 Å². The lowest BCUT2D eigenvalue weighted by molar-refractivity contribution is 0.912. The van der Waals surface area contributed by atoms with Crippen molar-refractivity contribution in [3.8, 4) is 11.3 Å². The molecule has 1 aliphatic carbocycles. The van der Waals surface area contributed by atoms with Gasteiger partial charge in [0.2, 0.25) is 0 Å². The molecule has 0 radical (unpaired) electrons. The summed E-state index contributed by atoms with van der Waals surface area (Å²) in [6.45, 7) is 3.79. The van der Waals surface area contributed by atoms with E-state index in [-0.39, 0.29) is 5.56 Å².